The van der Waals surface area contributed by atoms with Crippen molar-refractivity contribution < 1.29 is 9.13 Å². The van der Waals surface area contributed by atoms with Crippen molar-refractivity contribution >= 4 is 57.3 Å². The van der Waals surface area contributed by atoms with Crippen molar-refractivity contribution in [3.05, 3.63) is 91.9 Å². The SMILES string of the molecule is O=c1ccc2c(-c3ccc(F)cc3Cl)cc(OCCCCl)cc2n1-c1c(Cl)cccc1Cl. The lowest BCUT2D eigenvalue weighted by Gasteiger charge is -2.18. The predicted molar refractivity (Wildman–Crippen MR) is 131 cm³/mol. The Kier molecular flexibility index (Phi) is 6.96. The van der Waals surface area contributed by atoms with E-state index in [-0.39, 0.29) is 10.6 Å². The van der Waals surface area contributed by atoms with Crippen LogP contribution in [0.1, 0.15) is 6.42 Å². The highest BCUT2D eigenvalue weighted by atomic mass is 35.5. The molecule has 4 rings (SSSR count). The fourth-order valence-electron chi connectivity index (χ4n) is 3.51. The molecule has 0 radical (unpaired) electrons. The van der Waals surface area contributed by atoms with Gasteiger partial charge in [-0.1, -0.05) is 40.9 Å². The number of fused-ring (bicyclic) bond motifs is 1. The van der Waals surface area contributed by atoms with Crippen LogP contribution in [0.15, 0.2) is 65.5 Å². The van der Waals surface area contributed by atoms with E-state index in [1.807, 2.05) is 0 Å². The van der Waals surface area contributed by atoms with Gasteiger partial charge in [0.25, 0.3) is 5.56 Å². The molecule has 0 saturated carbocycles. The van der Waals surface area contributed by atoms with Crippen LogP contribution in [0.4, 0.5) is 4.39 Å². The van der Waals surface area contributed by atoms with Crippen molar-refractivity contribution in [2.24, 2.45) is 0 Å². The minimum absolute atomic E-state index is 0.234. The van der Waals surface area contributed by atoms with Crippen LogP contribution in [0.5, 0.6) is 5.75 Å². The zero-order valence-electron chi connectivity index (χ0n) is 16.5. The molecule has 1 heterocycles. The summed E-state index contributed by atoms with van der Waals surface area (Å²) >= 11 is 25.0. The Morgan fingerprint density at radius 1 is 0.875 bits per heavy atom. The van der Waals surface area contributed by atoms with Crippen LogP contribution in [0.2, 0.25) is 15.1 Å². The molecule has 0 aliphatic rings. The maximum atomic E-state index is 13.7. The van der Waals surface area contributed by atoms with Gasteiger partial charge >= 0.3 is 0 Å². The van der Waals surface area contributed by atoms with E-state index in [1.165, 1.54) is 22.8 Å². The van der Waals surface area contributed by atoms with Gasteiger partial charge in [0, 0.05) is 29.0 Å². The first-order chi connectivity index (χ1) is 15.4. The summed E-state index contributed by atoms with van der Waals surface area (Å²) in [7, 11) is 0. The Hall–Kier alpha value is -2.24. The number of hydrogen-bond donors (Lipinski definition) is 0. The smallest absolute Gasteiger partial charge is 0.255 e. The molecule has 4 aromatic rings. The second-order valence-electron chi connectivity index (χ2n) is 7.00. The third-order valence-electron chi connectivity index (χ3n) is 4.91. The van der Waals surface area contributed by atoms with E-state index in [1.54, 1.807) is 42.5 Å². The van der Waals surface area contributed by atoms with Crippen LogP contribution >= 0.6 is 46.4 Å². The lowest BCUT2D eigenvalue weighted by molar-refractivity contribution is 0.319. The molecule has 0 aliphatic carbocycles. The van der Waals surface area contributed by atoms with Gasteiger partial charge in [-0.05, 0) is 54.4 Å². The van der Waals surface area contributed by atoms with Crippen LogP contribution in [-0.2, 0) is 0 Å². The van der Waals surface area contributed by atoms with Gasteiger partial charge in [-0.15, -0.1) is 11.6 Å². The third-order valence-corrected chi connectivity index (χ3v) is 6.10. The summed E-state index contributed by atoms with van der Waals surface area (Å²) < 4.78 is 21.0. The van der Waals surface area contributed by atoms with Crippen LogP contribution in [0.25, 0.3) is 27.7 Å². The average Bonchev–Trinajstić information content (AvgIpc) is 2.75. The summed E-state index contributed by atoms with van der Waals surface area (Å²) in [6, 6.07) is 15.8. The zero-order valence-corrected chi connectivity index (χ0v) is 19.6. The fraction of sp³-hybridized carbons (Fsp3) is 0.125. The minimum Gasteiger partial charge on any atom is -0.493 e. The minimum atomic E-state index is -0.447. The van der Waals surface area contributed by atoms with E-state index in [0.29, 0.717) is 62.4 Å². The van der Waals surface area contributed by atoms with Crippen LogP contribution < -0.4 is 10.3 Å². The Balaban J connectivity index is 2.07. The molecule has 0 fully saturated rings. The van der Waals surface area contributed by atoms with Gasteiger partial charge in [-0.2, -0.15) is 0 Å². The largest absolute Gasteiger partial charge is 0.493 e. The summed E-state index contributed by atoms with van der Waals surface area (Å²) in [5.41, 5.74) is 1.83. The maximum absolute atomic E-state index is 13.7. The number of hydrogen-bond acceptors (Lipinski definition) is 2. The second-order valence-corrected chi connectivity index (χ2v) is 8.60. The van der Waals surface area contributed by atoms with Gasteiger partial charge in [0.2, 0.25) is 0 Å². The Bertz CT molecular complexity index is 1350. The highest BCUT2D eigenvalue weighted by Gasteiger charge is 2.18. The molecule has 3 nitrogen and oxygen atoms in total. The van der Waals surface area contributed by atoms with E-state index >= 15 is 0 Å². The number of pyridine rings is 1. The molecule has 0 saturated heterocycles. The van der Waals surface area contributed by atoms with E-state index in [9.17, 15) is 9.18 Å². The first kappa shape index (κ1) is 22.9. The summed E-state index contributed by atoms with van der Waals surface area (Å²) in [5.74, 6) is 0.502. The molecule has 0 amide bonds. The molecule has 32 heavy (non-hydrogen) atoms. The highest BCUT2D eigenvalue weighted by Crippen LogP contribution is 2.38. The van der Waals surface area contributed by atoms with Gasteiger partial charge in [-0.3, -0.25) is 9.36 Å². The summed E-state index contributed by atoms with van der Waals surface area (Å²) in [4.78, 5) is 13.0. The number of benzene rings is 3. The molecule has 1 aromatic heterocycles. The molecule has 0 bridgehead atoms. The summed E-state index contributed by atoms with van der Waals surface area (Å²) in [6.07, 6.45) is 0.643. The molecule has 0 aliphatic heterocycles. The lowest BCUT2D eigenvalue weighted by Crippen LogP contribution is -2.18. The molecule has 0 N–H and O–H groups in total. The molecular weight excluding hydrogens is 495 g/mol. The first-order valence-corrected chi connectivity index (χ1v) is 11.4. The van der Waals surface area contributed by atoms with Crippen LogP contribution in [-0.4, -0.2) is 17.1 Å². The normalized spacial score (nSPS) is 11.2. The molecule has 0 atom stereocenters. The summed E-state index contributed by atoms with van der Waals surface area (Å²) in [5, 5.41) is 1.57. The van der Waals surface area contributed by atoms with Gasteiger partial charge < -0.3 is 4.74 Å². The molecule has 3 aromatic carbocycles. The molecule has 164 valence electrons. The van der Waals surface area contributed by atoms with Crippen molar-refractivity contribution in [3.8, 4) is 22.6 Å². The topological polar surface area (TPSA) is 31.2 Å². The Morgan fingerprint density at radius 3 is 2.31 bits per heavy atom. The Labute approximate surface area is 203 Å². The van der Waals surface area contributed by atoms with Gasteiger partial charge in [0.05, 0.1) is 32.9 Å². The van der Waals surface area contributed by atoms with Crippen molar-refractivity contribution in [1.29, 1.82) is 0 Å². The van der Waals surface area contributed by atoms with E-state index < -0.39 is 5.82 Å². The number of rotatable bonds is 6. The number of ether oxygens (including phenoxy) is 1. The van der Waals surface area contributed by atoms with Crippen molar-refractivity contribution in [2.75, 3.05) is 12.5 Å². The number of alkyl halides is 1. The monoisotopic (exact) mass is 509 g/mol. The van der Waals surface area contributed by atoms with Crippen molar-refractivity contribution in [3.63, 3.8) is 0 Å². The zero-order chi connectivity index (χ0) is 22.8. The third kappa shape index (κ3) is 4.46. The predicted octanol–water partition coefficient (Wildman–Crippen LogP) is 7.76. The number of para-hydroxylation sites is 1. The summed E-state index contributed by atoms with van der Waals surface area (Å²) in [6.45, 7) is 0.384. The van der Waals surface area contributed by atoms with Crippen LogP contribution in [0.3, 0.4) is 0 Å². The lowest BCUT2D eigenvalue weighted by atomic mass is 9.99. The number of nitrogens with zero attached hydrogens (tertiary/aromatic N) is 1. The molecule has 0 spiro atoms. The Morgan fingerprint density at radius 2 is 1.62 bits per heavy atom. The fourth-order valence-corrected chi connectivity index (χ4v) is 4.46. The van der Waals surface area contributed by atoms with Gasteiger partial charge in [0.1, 0.15) is 11.6 Å². The number of halogens is 5. The molecule has 0 unspecified atom stereocenters. The van der Waals surface area contributed by atoms with Crippen molar-refractivity contribution in [2.45, 2.75) is 6.42 Å². The van der Waals surface area contributed by atoms with Gasteiger partial charge in [0.15, 0.2) is 0 Å². The average molecular weight is 511 g/mol. The maximum Gasteiger partial charge on any atom is 0.255 e. The van der Waals surface area contributed by atoms with E-state index in [4.69, 9.17) is 51.1 Å². The number of aromatic nitrogens is 1. The molecular formula is C24H16Cl4FNO2. The van der Waals surface area contributed by atoms with Crippen LogP contribution in [0, 0.1) is 5.82 Å². The molecule has 8 heteroatoms. The first-order valence-electron chi connectivity index (χ1n) is 9.69. The second kappa shape index (κ2) is 9.72. The van der Waals surface area contributed by atoms with E-state index in [0.717, 1.165) is 0 Å². The van der Waals surface area contributed by atoms with Crippen molar-refractivity contribution in [1.82, 2.24) is 4.57 Å². The van der Waals surface area contributed by atoms with E-state index in [2.05, 4.69) is 0 Å². The highest BCUT2D eigenvalue weighted by molar-refractivity contribution is 6.38. The quantitative estimate of drug-likeness (QED) is 0.196. The standard InChI is InChI=1S/C24H16Cl4FNO2/c25-9-2-10-32-15-12-18(16-6-5-14(29)11-21(16)28)17-7-8-23(31)30(22(17)13-15)24-19(26)3-1-4-20(24)27/h1,3-8,11-13H,2,9-10H2. The van der Waals surface area contributed by atoms with Gasteiger partial charge in [-0.25, -0.2) is 4.39 Å².